The van der Waals surface area contributed by atoms with Crippen LogP contribution in [0.2, 0.25) is 0 Å². The van der Waals surface area contributed by atoms with E-state index in [-0.39, 0.29) is 0 Å². The first kappa shape index (κ1) is 12.5. The number of aryl methyl sites for hydroxylation is 1. The number of nitrogens with two attached hydrogens (primary N) is 1. The average Bonchev–Trinajstić information content (AvgIpc) is 2.38. The zero-order valence-corrected chi connectivity index (χ0v) is 12.4. The Morgan fingerprint density at radius 1 is 1.26 bits per heavy atom. The van der Waals surface area contributed by atoms with Gasteiger partial charge in [0.05, 0.1) is 0 Å². The van der Waals surface area contributed by atoms with E-state index in [1.807, 2.05) is 12.3 Å². The molecule has 0 fully saturated rings. The fraction of sp³-hybridized carbons (Fsp3) is 0.267. The largest absolute Gasteiger partial charge is 0.399 e. The molecule has 0 radical (unpaired) electrons. The highest BCUT2D eigenvalue weighted by Gasteiger charge is 2.18. The van der Waals surface area contributed by atoms with Crippen LogP contribution < -0.4 is 10.6 Å². The topological polar surface area (TPSA) is 42.2 Å². The van der Waals surface area contributed by atoms with Crippen LogP contribution in [0.4, 0.5) is 11.5 Å². The molecule has 19 heavy (non-hydrogen) atoms. The van der Waals surface area contributed by atoms with Gasteiger partial charge in [0.1, 0.15) is 5.82 Å². The van der Waals surface area contributed by atoms with Crippen LogP contribution in [0.15, 0.2) is 34.9 Å². The summed E-state index contributed by atoms with van der Waals surface area (Å²) in [6.45, 7) is 3.99. The number of fused-ring (bicyclic) bond motifs is 1. The maximum Gasteiger partial charge on any atom is 0.131 e. The monoisotopic (exact) mass is 317 g/mol. The molecule has 2 N–H and O–H groups in total. The van der Waals surface area contributed by atoms with Crippen molar-refractivity contribution in [1.29, 1.82) is 0 Å². The van der Waals surface area contributed by atoms with Gasteiger partial charge in [-0.1, -0.05) is 6.07 Å². The summed E-state index contributed by atoms with van der Waals surface area (Å²) < 4.78 is 1.02. The Morgan fingerprint density at radius 2 is 2.11 bits per heavy atom. The zero-order valence-electron chi connectivity index (χ0n) is 10.9. The third-order valence-corrected chi connectivity index (χ3v) is 3.99. The Morgan fingerprint density at radius 3 is 2.89 bits per heavy atom. The highest BCUT2D eigenvalue weighted by Crippen LogP contribution is 2.27. The van der Waals surface area contributed by atoms with Crippen LogP contribution in [-0.4, -0.2) is 11.5 Å². The Bertz CT molecular complexity index is 625. The maximum absolute atomic E-state index is 5.88. The number of halogens is 1. The van der Waals surface area contributed by atoms with Crippen LogP contribution in [0.1, 0.15) is 16.7 Å². The van der Waals surface area contributed by atoms with E-state index in [0.717, 1.165) is 35.5 Å². The van der Waals surface area contributed by atoms with Gasteiger partial charge >= 0.3 is 0 Å². The molecule has 3 nitrogen and oxygen atoms in total. The van der Waals surface area contributed by atoms with Crippen molar-refractivity contribution >= 4 is 27.4 Å². The van der Waals surface area contributed by atoms with Gasteiger partial charge in [0.2, 0.25) is 0 Å². The number of anilines is 2. The minimum Gasteiger partial charge on any atom is -0.399 e. The second kappa shape index (κ2) is 4.85. The lowest BCUT2D eigenvalue weighted by Crippen LogP contribution is -2.31. The predicted molar refractivity (Wildman–Crippen MR) is 82.3 cm³/mol. The molecule has 0 saturated heterocycles. The number of rotatable bonds is 1. The minimum atomic E-state index is 0.834. The highest BCUT2D eigenvalue weighted by atomic mass is 79.9. The van der Waals surface area contributed by atoms with Gasteiger partial charge in [0.15, 0.2) is 0 Å². The minimum absolute atomic E-state index is 0.834. The van der Waals surface area contributed by atoms with E-state index in [1.165, 1.54) is 16.7 Å². The first-order valence-corrected chi connectivity index (χ1v) is 7.17. The fourth-order valence-corrected chi connectivity index (χ4v) is 3.07. The smallest absolute Gasteiger partial charge is 0.131 e. The van der Waals surface area contributed by atoms with Crippen LogP contribution in [0, 0.1) is 6.92 Å². The molecule has 0 atom stereocenters. The summed E-state index contributed by atoms with van der Waals surface area (Å²) in [7, 11) is 0. The van der Waals surface area contributed by atoms with Gasteiger partial charge in [-0.05, 0) is 64.2 Å². The second-order valence-corrected chi connectivity index (χ2v) is 5.91. The molecule has 0 aliphatic carbocycles. The van der Waals surface area contributed by atoms with Gasteiger partial charge in [0.25, 0.3) is 0 Å². The van der Waals surface area contributed by atoms with Crippen molar-refractivity contribution in [3.05, 3.63) is 51.6 Å². The number of pyridine rings is 1. The molecule has 1 aliphatic heterocycles. The van der Waals surface area contributed by atoms with Crippen molar-refractivity contribution in [3.8, 4) is 0 Å². The van der Waals surface area contributed by atoms with Crippen molar-refractivity contribution in [3.63, 3.8) is 0 Å². The van der Waals surface area contributed by atoms with Crippen molar-refractivity contribution in [2.45, 2.75) is 19.9 Å². The van der Waals surface area contributed by atoms with E-state index in [2.05, 4.69) is 50.9 Å². The van der Waals surface area contributed by atoms with E-state index in [0.29, 0.717) is 0 Å². The molecule has 0 unspecified atom stereocenters. The molecule has 0 amide bonds. The van der Waals surface area contributed by atoms with Crippen LogP contribution in [0.25, 0.3) is 0 Å². The lowest BCUT2D eigenvalue weighted by Gasteiger charge is -2.31. The second-order valence-electron chi connectivity index (χ2n) is 4.99. The van der Waals surface area contributed by atoms with E-state index in [4.69, 9.17) is 5.73 Å². The maximum atomic E-state index is 5.88. The molecular weight excluding hydrogens is 302 g/mol. The molecular formula is C15H16BrN3. The number of benzene rings is 1. The van der Waals surface area contributed by atoms with Gasteiger partial charge in [0, 0.05) is 29.4 Å². The van der Waals surface area contributed by atoms with Gasteiger partial charge in [-0.3, -0.25) is 0 Å². The molecule has 0 saturated carbocycles. The highest BCUT2D eigenvalue weighted by molar-refractivity contribution is 9.10. The van der Waals surface area contributed by atoms with Crippen molar-refractivity contribution < 1.29 is 0 Å². The van der Waals surface area contributed by atoms with Crippen LogP contribution in [0.5, 0.6) is 0 Å². The Hall–Kier alpha value is -1.55. The average molecular weight is 318 g/mol. The third-order valence-electron chi connectivity index (χ3n) is 3.56. The Balaban J connectivity index is 1.93. The number of hydrogen-bond acceptors (Lipinski definition) is 3. The SMILES string of the molecule is Cc1cc(Br)cnc1N1CCc2ccc(N)cc2C1. The molecule has 4 heteroatoms. The standard InChI is InChI=1S/C15H16BrN3/c1-10-6-13(16)8-18-15(10)19-5-4-11-2-3-14(17)7-12(11)9-19/h2-3,6-8H,4-5,9,17H2,1H3. The molecule has 2 heterocycles. The fourth-order valence-electron chi connectivity index (χ4n) is 2.62. The summed E-state index contributed by atoms with van der Waals surface area (Å²) in [5.41, 5.74) is 10.6. The molecule has 2 aromatic rings. The van der Waals surface area contributed by atoms with Gasteiger partial charge in [-0.2, -0.15) is 0 Å². The van der Waals surface area contributed by atoms with Gasteiger partial charge < -0.3 is 10.6 Å². The quantitative estimate of drug-likeness (QED) is 0.821. The van der Waals surface area contributed by atoms with E-state index < -0.39 is 0 Å². The van der Waals surface area contributed by atoms with Crippen LogP contribution in [0.3, 0.4) is 0 Å². The summed E-state index contributed by atoms with van der Waals surface area (Å²) in [4.78, 5) is 6.87. The number of nitrogens with zero attached hydrogens (tertiary/aromatic N) is 2. The summed E-state index contributed by atoms with van der Waals surface area (Å²) in [5, 5.41) is 0. The Kier molecular flexibility index (Phi) is 3.19. The third kappa shape index (κ3) is 2.45. The summed E-state index contributed by atoms with van der Waals surface area (Å²) >= 11 is 3.46. The molecule has 0 spiro atoms. The van der Waals surface area contributed by atoms with Gasteiger partial charge in [-0.15, -0.1) is 0 Å². The van der Waals surface area contributed by atoms with E-state index in [9.17, 15) is 0 Å². The van der Waals surface area contributed by atoms with Crippen molar-refractivity contribution in [2.75, 3.05) is 17.2 Å². The summed E-state index contributed by atoms with van der Waals surface area (Å²) in [6, 6.07) is 8.31. The van der Waals surface area contributed by atoms with Crippen LogP contribution >= 0.6 is 15.9 Å². The molecule has 98 valence electrons. The molecule has 0 bridgehead atoms. The van der Waals surface area contributed by atoms with Crippen molar-refractivity contribution in [2.24, 2.45) is 0 Å². The lowest BCUT2D eigenvalue weighted by atomic mass is 9.99. The number of nitrogen functional groups attached to an aromatic ring is 1. The normalized spacial score (nSPS) is 14.3. The van der Waals surface area contributed by atoms with Crippen molar-refractivity contribution in [1.82, 2.24) is 4.98 Å². The number of hydrogen-bond donors (Lipinski definition) is 1. The molecule has 3 rings (SSSR count). The Labute approximate surface area is 121 Å². The van der Waals surface area contributed by atoms with Gasteiger partial charge in [-0.25, -0.2) is 4.98 Å². The van der Waals surface area contributed by atoms with E-state index >= 15 is 0 Å². The molecule has 1 aromatic carbocycles. The lowest BCUT2D eigenvalue weighted by molar-refractivity contribution is 0.718. The zero-order chi connectivity index (χ0) is 13.4. The predicted octanol–water partition coefficient (Wildman–Crippen LogP) is 3.30. The first-order valence-electron chi connectivity index (χ1n) is 6.38. The first-order chi connectivity index (χ1) is 9.13. The summed E-state index contributed by atoms with van der Waals surface area (Å²) in [6.07, 6.45) is 2.91. The molecule has 1 aliphatic rings. The number of aromatic nitrogens is 1. The van der Waals surface area contributed by atoms with Crippen LogP contribution in [-0.2, 0) is 13.0 Å². The summed E-state index contributed by atoms with van der Waals surface area (Å²) in [5.74, 6) is 1.07. The molecule has 1 aromatic heterocycles. The van der Waals surface area contributed by atoms with E-state index in [1.54, 1.807) is 0 Å².